The second kappa shape index (κ2) is 3.92. The standard InChI is InChI=1S/C10H17N5/c1-14(8-3-4-8)10(11)12-7-9-5-6-13-15(9)2/h5-6,8H,3-4,7H2,1-2H3,(H2,11,12). The fourth-order valence-electron chi connectivity index (χ4n) is 1.48. The Morgan fingerprint density at radius 2 is 2.47 bits per heavy atom. The van der Waals surface area contributed by atoms with Crippen molar-refractivity contribution in [1.29, 1.82) is 0 Å². The molecule has 1 heterocycles. The second-order valence-electron chi connectivity index (χ2n) is 3.96. The summed E-state index contributed by atoms with van der Waals surface area (Å²) < 4.78 is 1.81. The molecule has 0 aliphatic heterocycles. The van der Waals surface area contributed by atoms with Crippen LogP contribution in [0.4, 0.5) is 0 Å². The maximum absolute atomic E-state index is 5.87. The Hall–Kier alpha value is -1.52. The van der Waals surface area contributed by atoms with Crippen LogP contribution in [0.25, 0.3) is 0 Å². The lowest BCUT2D eigenvalue weighted by atomic mass is 10.4. The molecule has 2 rings (SSSR count). The minimum Gasteiger partial charge on any atom is -0.370 e. The van der Waals surface area contributed by atoms with Crippen LogP contribution in [0.3, 0.4) is 0 Å². The monoisotopic (exact) mass is 207 g/mol. The van der Waals surface area contributed by atoms with Crippen molar-refractivity contribution in [2.75, 3.05) is 7.05 Å². The van der Waals surface area contributed by atoms with Crippen molar-refractivity contribution in [3.63, 3.8) is 0 Å². The number of hydrogen-bond donors (Lipinski definition) is 1. The predicted molar refractivity (Wildman–Crippen MR) is 59.3 cm³/mol. The molecule has 15 heavy (non-hydrogen) atoms. The van der Waals surface area contributed by atoms with E-state index in [0.29, 0.717) is 18.5 Å². The summed E-state index contributed by atoms with van der Waals surface area (Å²) in [6.45, 7) is 0.597. The lowest BCUT2D eigenvalue weighted by molar-refractivity contribution is 0.487. The summed E-state index contributed by atoms with van der Waals surface area (Å²) in [6.07, 6.45) is 4.24. The quantitative estimate of drug-likeness (QED) is 0.574. The Kier molecular flexibility index (Phi) is 2.62. The molecule has 0 bridgehead atoms. The van der Waals surface area contributed by atoms with Gasteiger partial charge in [0.25, 0.3) is 0 Å². The highest BCUT2D eigenvalue weighted by Gasteiger charge is 2.27. The fraction of sp³-hybridized carbons (Fsp3) is 0.600. The molecule has 0 radical (unpaired) electrons. The maximum Gasteiger partial charge on any atom is 0.191 e. The molecule has 1 saturated carbocycles. The van der Waals surface area contributed by atoms with Gasteiger partial charge < -0.3 is 10.6 Å². The number of hydrogen-bond acceptors (Lipinski definition) is 2. The maximum atomic E-state index is 5.87. The molecule has 1 aromatic heterocycles. The predicted octanol–water partition coefficient (Wildman–Crippen LogP) is 0.329. The fourth-order valence-corrected chi connectivity index (χ4v) is 1.48. The molecule has 2 N–H and O–H groups in total. The van der Waals surface area contributed by atoms with Crippen LogP contribution in [0, 0.1) is 0 Å². The first-order chi connectivity index (χ1) is 7.18. The van der Waals surface area contributed by atoms with E-state index in [-0.39, 0.29) is 0 Å². The molecule has 1 aliphatic carbocycles. The van der Waals surface area contributed by atoms with Crippen LogP contribution in [0.1, 0.15) is 18.5 Å². The molecule has 0 amide bonds. The van der Waals surface area contributed by atoms with Crippen LogP contribution in [-0.2, 0) is 13.6 Å². The van der Waals surface area contributed by atoms with Crippen molar-refractivity contribution < 1.29 is 0 Å². The molecule has 5 nitrogen and oxygen atoms in total. The minimum absolute atomic E-state index is 0.597. The van der Waals surface area contributed by atoms with E-state index in [1.807, 2.05) is 24.8 Å². The van der Waals surface area contributed by atoms with Crippen molar-refractivity contribution in [1.82, 2.24) is 14.7 Å². The summed E-state index contributed by atoms with van der Waals surface area (Å²) in [4.78, 5) is 6.40. The van der Waals surface area contributed by atoms with Crippen molar-refractivity contribution >= 4 is 5.96 Å². The Morgan fingerprint density at radius 3 is 3.00 bits per heavy atom. The Balaban J connectivity index is 1.95. The van der Waals surface area contributed by atoms with Gasteiger partial charge in [0.1, 0.15) is 0 Å². The topological polar surface area (TPSA) is 59.4 Å². The highest BCUT2D eigenvalue weighted by molar-refractivity contribution is 5.78. The van der Waals surface area contributed by atoms with E-state index in [4.69, 9.17) is 5.73 Å². The third-order valence-electron chi connectivity index (χ3n) is 2.78. The summed E-state index contributed by atoms with van der Waals surface area (Å²) in [6, 6.07) is 2.56. The van der Waals surface area contributed by atoms with E-state index in [2.05, 4.69) is 15.0 Å². The van der Waals surface area contributed by atoms with Crippen LogP contribution in [-0.4, -0.2) is 33.7 Å². The molecule has 0 unspecified atom stereocenters. The first-order valence-electron chi connectivity index (χ1n) is 5.18. The minimum atomic E-state index is 0.597. The molecule has 1 aliphatic rings. The highest BCUT2D eigenvalue weighted by atomic mass is 15.3. The van der Waals surface area contributed by atoms with Gasteiger partial charge in [-0.25, -0.2) is 4.99 Å². The summed E-state index contributed by atoms with van der Waals surface area (Å²) in [7, 11) is 3.91. The first-order valence-corrected chi connectivity index (χ1v) is 5.18. The van der Waals surface area contributed by atoms with Gasteiger partial charge in [0.2, 0.25) is 0 Å². The SMILES string of the molecule is CN(C(N)=NCc1ccnn1C)C1CC1. The van der Waals surface area contributed by atoms with Crippen molar-refractivity contribution in [3.05, 3.63) is 18.0 Å². The smallest absolute Gasteiger partial charge is 0.191 e. The lowest BCUT2D eigenvalue weighted by Crippen LogP contribution is -2.35. The number of aryl methyl sites for hydroxylation is 1. The van der Waals surface area contributed by atoms with Crippen molar-refractivity contribution in [2.45, 2.75) is 25.4 Å². The molecule has 5 heteroatoms. The molecule has 82 valence electrons. The Labute approximate surface area is 89.6 Å². The summed E-state index contributed by atoms with van der Waals surface area (Å²) in [5.41, 5.74) is 6.94. The number of aromatic nitrogens is 2. The zero-order valence-corrected chi connectivity index (χ0v) is 9.22. The third kappa shape index (κ3) is 2.29. The van der Waals surface area contributed by atoms with E-state index >= 15 is 0 Å². The molecule has 1 fully saturated rings. The van der Waals surface area contributed by atoms with Crippen molar-refractivity contribution in [2.24, 2.45) is 17.8 Å². The van der Waals surface area contributed by atoms with Crippen LogP contribution >= 0.6 is 0 Å². The number of aliphatic imine (C=N–C) groups is 1. The van der Waals surface area contributed by atoms with Gasteiger partial charge in [-0.2, -0.15) is 5.10 Å². The zero-order chi connectivity index (χ0) is 10.8. The Bertz CT molecular complexity index is 364. The van der Waals surface area contributed by atoms with Crippen LogP contribution in [0.5, 0.6) is 0 Å². The second-order valence-corrected chi connectivity index (χ2v) is 3.96. The van der Waals surface area contributed by atoms with Gasteiger partial charge in [0.05, 0.1) is 12.2 Å². The van der Waals surface area contributed by atoms with Gasteiger partial charge in [-0.15, -0.1) is 0 Å². The number of nitrogens with two attached hydrogens (primary N) is 1. The average Bonchev–Trinajstić information content (AvgIpc) is 2.99. The first kappa shape index (κ1) is 10.0. The summed E-state index contributed by atoms with van der Waals surface area (Å²) >= 11 is 0. The van der Waals surface area contributed by atoms with Gasteiger partial charge >= 0.3 is 0 Å². The third-order valence-corrected chi connectivity index (χ3v) is 2.78. The van der Waals surface area contributed by atoms with Gasteiger partial charge in [-0.1, -0.05) is 0 Å². The van der Waals surface area contributed by atoms with Gasteiger partial charge in [0.15, 0.2) is 5.96 Å². The van der Waals surface area contributed by atoms with E-state index in [1.54, 1.807) is 6.20 Å². The van der Waals surface area contributed by atoms with Crippen molar-refractivity contribution in [3.8, 4) is 0 Å². The van der Waals surface area contributed by atoms with Crippen LogP contribution < -0.4 is 5.73 Å². The number of rotatable bonds is 3. The normalized spacial score (nSPS) is 16.8. The highest BCUT2D eigenvalue weighted by Crippen LogP contribution is 2.24. The zero-order valence-electron chi connectivity index (χ0n) is 9.22. The van der Waals surface area contributed by atoms with Gasteiger partial charge in [-0.3, -0.25) is 4.68 Å². The van der Waals surface area contributed by atoms with Gasteiger partial charge in [-0.05, 0) is 18.9 Å². The number of nitrogens with zero attached hydrogens (tertiary/aromatic N) is 4. The molecular formula is C10H17N5. The molecule has 0 aromatic carbocycles. The molecule has 0 atom stereocenters. The summed E-state index contributed by atoms with van der Waals surface area (Å²) in [5, 5.41) is 4.08. The van der Waals surface area contributed by atoms with Crippen LogP contribution in [0.15, 0.2) is 17.3 Å². The largest absolute Gasteiger partial charge is 0.370 e. The van der Waals surface area contributed by atoms with E-state index < -0.39 is 0 Å². The Morgan fingerprint density at radius 1 is 1.73 bits per heavy atom. The number of guanidine groups is 1. The van der Waals surface area contributed by atoms with Gasteiger partial charge in [0, 0.05) is 26.3 Å². The molecule has 0 spiro atoms. The van der Waals surface area contributed by atoms with E-state index in [0.717, 1.165) is 5.69 Å². The van der Waals surface area contributed by atoms with E-state index in [1.165, 1.54) is 12.8 Å². The summed E-state index contributed by atoms with van der Waals surface area (Å²) in [5.74, 6) is 0.624. The van der Waals surface area contributed by atoms with E-state index in [9.17, 15) is 0 Å². The average molecular weight is 207 g/mol. The molecule has 0 saturated heterocycles. The van der Waals surface area contributed by atoms with Crippen LogP contribution in [0.2, 0.25) is 0 Å². The lowest BCUT2D eigenvalue weighted by Gasteiger charge is -2.16. The molecular weight excluding hydrogens is 190 g/mol. The molecule has 1 aromatic rings.